The van der Waals surface area contributed by atoms with Crippen LogP contribution in [-0.4, -0.2) is 36.5 Å². The van der Waals surface area contributed by atoms with Crippen LogP contribution in [0.15, 0.2) is 71.6 Å². The molecule has 0 N–H and O–H groups in total. The minimum atomic E-state index is -3.82. The van der Waals surface area contributed by atoms with Crippen LogP contribution >= 0.6 is 0 Å². The predicted octanol–water partition coefficient (Wildman–Crippen LogP) is 4.54. The minimum Gasteiger partial charge on any atom is -0.450 e. The van der Waals surface area contributed by atoms with Gasteiger partial charge in [0.15, 0.2) is 5.78 Å². The molecule has 1 aliphatic rings. The van der Waals surface area contributed by atoms with Crippen molar-refractivity contribution in [1.29, 1.82) is 0 Å². The fraction of sp³-hybridized carbons (Fsp3) is 0.174. The molecule has 33 heavy (non-hydrogen) atoms. The molecule has 4 rings (SSSR count). The van der Waals surface area contributed by atoms with Crippen molar-refractivity contribution < 1.29 is 27.3 Å². The third-order valence-electron chi connectivity index (χ3n) is 5.28. The number of carbonyl (C=O) groups excluding carboxylic acids is 1. The Bertz CT molecular complexity index is 1300. The summed E-state index contributed by atoms with van der Waals surface area (Å²) in [5.41, 5.74) is 0.160. The minimum absolute atomic E-state index is 0.127. The summed E-state index contributed by atoms with van der Waals surface area (Å²) in [7, 11) is -3.82. The summed E-state index contributed by atoms with van der Waals surface area (Å²) >= 11 is 0. The zero-order valence-corrected chi connectivity index (χ0v) is 18.1. The molecule has 0 radical (unpaired) electrons. The van der Waals surface area contributed by atoms with Gasteiger partial charge in [-0.3, -0.25) is 14.9 Å². The molecule has 0 unspecified atom stereocenters. The Labute approximate surface area is 189 Å². The average molecular weight is 470 g/mol. The number of nitro groups is 1. The molecule has 0 aromatic heterocycles. The lowest BCUT2D eigenvalue weighted by atomic mass is 10.0. The van der Waals surface area contributed by atoms with Gasteiger partial charge in [0.2, 0.25) is 15.8 Å². The molecule has 1 heterocycles. The SMILES string of the molecule is O=C(c1ccc(F)cc1)c1ccc(Oc2ccc(S(=O)(=O)N3CCCC3)cc2[N+](=O)[O-])cc1. The van der Waals surface area contributed by atoms with Gasteiger partial charge in [0.1, 0.15) is 11.6 Å². The van der Waals surface area contributed by atoms with Gasteiger partial charge in [0, 0.05) is 30.3 Å². The topological polar surface area (TPSA) is 107 Å². The first-order valence-electron chi connectivity index (χ1n) is 10.1. The van der Waals surface area contributed by atoms with E-state index in [0.717, 1.165) is 18.9 Å². The van der Waals surface area contributed by atoms with Crippen LogP contribution in [0.5, 0.6) is 11.5 Å². The largest absolute Gasteiger partial charge is 0.450 e. The van der Waals surface area contributed by atoms with E-state index in [4.69, 9.17) is 4.74 Å². The summed E-state index contributed by atoms with van der Waals surface area (Å²) in [5.74, 6) is -0.665. The van der Waals surface area contributed by atoms with Gasteiger partial charge in [-0.2, -0.15) is 4.31 Å². The molecule has 3 aromatic carbocycles. The number of nitrogens with zero attached hydrogens (tertiary/aromatic N) is 2. The van der Waals surface area contributed by atoms with Crippen LogP contribution in [0.2, 0.25) is 0 Å². The Morgan fingerprint density at radius 2 is 1.52 bits per heavy atom. The fourth-order valence-corrected chi connectivity index (χ4v) is 5.07. The van der Waals surface area contributed by atoms with E-state index in [1.54, 1.807) is 0 Å². The predicted molar refractivity (Wildman–Crippen MR) is 117 cm³/mol. The van der Waals surface area contributed by atoms with Crippen molar-refractivity contribution >= 4 is 21.5 Å². The average Bonchev–Trinajstić information content (AvgIpc) is 3.36. The highest BCUT2D eigenvalue weighted by molar-refractivity contribution is 7.89. The molecular weight excluding hydrogens is 451 g/mol. The van der Waals surface area contributed by atoms with Gasteiger partial charge in [-0.1, -0.05) is 0 Å². The van der Waals surface area contributed by atoms with E-state index in [2.05, 4.69) is 0 Å². The van der Waals surface area contributed by atoms with Crippen LogP contribution in [0, 0.1) is 15.9 Å². The second-order valence-electron chi connectivity index (χ2n) is 7.46. The first kappa shape index (κ1) is 22.6. The summed E-state index contributed by atoms with van der Waals surface area (Å²) < 4.78 is 45.4. The molecule has 1 saturated heterocycles. The van der Waals surface area contributed by atoms with Gasteiger partial charge in [0.05, 0.1) is 9.82 Å². The Morgan fingerprint density at radius 1 is 0.939 bits per heavy atom. The van der Waals surface area contributed by atoms with Crippen LogP contribution in [0.1, 0.15) is 28.8 Å². The molecule has 0 atom stereocenters. The van der Waals surface area contributed by atoms with E-state index in [-0.39, 0.29) is 22.2 Å². The van der Waals surface area contributed by atoms with Gasteiger partial charge in [0.25, 0.3) is 0 Å². The van der Waals surface area contributed by atoms with E-state index in [0.29, 0.717) is 24.2 Å². The highest BCUT2D eigenvalue weighted by Crippen LogP contribution is 2.35. The first-order chi connectivity index (χ1) is 15.8. The Morgan fingerprint density at radius 3 is 2.09 bits per heavy atom. The second kappa shape index (κ2) is 9.08. The van der Waals surface area contributed by atoms with E-state index in [1.807, 2.05) is 0 Å². The number of nitro benzene ring substituents is 1. The van der Waals surface area contributed by atoms with E-state index >= 15 is 0 Å². The van der Waals surface area contributed by atoms with Gasteiger partial charge >= 0.3 is 5.69 Å². The quantitative estimate of drug-likeness (QED) is 0.285. The van der Waals surface area contributed by atoms with Crippen LogP contribution in [0.3, 0.4) is 0 Å². The number of ketones is 1. The molecule has 0 aliphatic carbocycles. The van der Waals surface area contributed by atoms with Gasteiger partial charge in [-0.15, -0.1) is 0 Å². The summed E-state index contributed by atoms with van der Waals surface area (Å²) in [5, 5.41) is 11.6. The molecule has 0 spiro atoms. The molecule has 170 valence electrons. The van der Waals surface area contributed by atoms with Crippen molar-refractivity contribution in [1.82, 2.24) is 4.31 Å². The zero-order chi connectivity index (χ0) is 23.6. The van der Waals surface area contributed by atoms with E-state index < -0.39 is 26.5 Å². The molecule has 10 heteroatoms. The number of hydrogen-bond acceptors (Lipinski definition) is 6. The standard InChI is InChI=1S/C23H19FN2O6S/c24-18-7-3-16(4-8-18)23(27)17-5-9-19(10-6-17)32-22-12-11-20(15-21(22)26(28)29)33(30,31)25-13-1-2-14-25/h3-12,15H,1-2,13-14H2. The fourth-order valence-electron chi connectivity index (χ4n) is 3.53. The summed E-state index contributed by atoms with van der Waals surface area (Å²) in [6.45, 7) is 0.773. The van der Waals surface area contributed by atoms with Crippen molar-refractivity contribution in [3.8, 4) is 11.5 Å². The number of benzene rings is 3. The third kappa shape index (κ3) is 4.76. The molecule has 8 nitrogen and oxygen atoms in total. The van der Waals surface area contributed by atoms with Crippen molar-refractivity contribution in [2.75, 3.05) is 13.1 Å². The molecule has 1 aliphatic heterocycles. The van der Waals surface area contributed by atoms with Crippen LogP contribution < -0.4 is 4.74 Å². The van der Waals surface area contributed by atoms with Crippen LogP contribution in [-0.2, 0) is 10.0 Å². The molecule has 0 saturated carbocycles. The maximum absolute atomic E-state index is 13.1. The number of hydrogen-bond donors (Lipinski definition) is 0. The van der Waals surface area contributed by atoms with Crippen LogP contribution in [0.25, 0.3) is 0 Å². The highest BCUT2D eigenvalue weighted by Gasteiger charge is 2.30. The molecular formula is C23H19FN2O6S. The van der Waals surface area contributed by atoms with Crippen molar-refractivity contribution in [3.05, 3.63) is 93.8 Å². The number of ether oxygens (including phenoxy) is 1. The molecule has 1 fully saturated rings. The molecule has 3 aromatic rings. The lowest BCUT2D eigenvalue weighted by Gasteiger charge is -2.16. The molecule has 0 bridgehead atoms. The van der Waals surface area contributed by atoms with Gasteiger partial charge in [-0.05, 0) is 73.5 Å². The summed E-state index contributed by atoms with van der Waals surface area (Å²) in [6.07, 6.45) is 1.50. The lowest BCUT2D eigenvalue weighted by Crippen LogP contribution is -2.27. The number of halogens is 1. The highest BCUT2D eigenvalue weighted by atomic mass is 32.2. The molecule has 0 amide bonds. The van der Waals surface area contributed by atoms with Crippen molar-refractivity contribution in [2.24, 2.45) is 0 Å². The van der Waals surface area contributed by atoms with E-state index in [1.165, 1.54) is 65.0 Å². The Balaban J connectivity index is 1.56. The lowest BCUT2D eigenvalue weighted by molar-refractivity contribution is -0.385. The normalized spacial score (nSPS) is 14.2. The maximum atomic E-state index is 13.1. The summed E-state index contributed by atoms with van der Waals surface area (Å²) in [4.78, 5) is 23.2. The van der Waals surface area contributed by atoms with Crippen molar-refractivity contribution in [3.63, 3.8) is 0 Å². The smallest absolute Gasteiger partial charge is 0.312 e. The van der Waals surface area contributed by atoms with Gasteiger partial charge < -0.3 is 4.74 Å². The number of carbonyl (C=O) groups is 1. The first-order valence-corrected chi connectivity index (χ1v) is 11.6. The van der Waals surface area contributed by atoms with Crippen molar-refractivity contribution in [2.45, 2.75) is 17.7 Å². The van der Waals surface area contributed by atoms with E-state index in [9.17, 15) is 27.7 Å². The van der Waals surface area contributed by atoms with Crippen LogP contribution in [0.4, 0.5) is 10.1 Å². The number of rotatable bonds is 7. The zero-order valence-electron chi connectivity index (χ0n) is 17.3. The summed E-state index contributed by atoms with van der Waals surface area (Å²) in [6, 6.07) is 14.6. The third-order valence-corrected chi connectivity index (χ3v) is 7.18. The maximum Gasteiger partial charge on any atom is 0.312 e. The second-order valence-corrected chi connectivity index (χ2v) is 9.40. The Hall–Kier alpha value is -3.63. The monoisotopic (exact) mass is 470 g/mol. The number of sulfonamides is 1. The Kier molecular flexibility index (Phi) is 6.21. The van der Waals surface area contributed by atoms with Gasteiger partial charge in [-0.25, -0.2) is 12.8 Å².